The smallest absolute Gasteiger partial charge is 0.257 e. The summed E-state index contributed by atoms with van der Waals surface area (Å²) in [6, 6.07) is 23.4. The van der Waals surface area contributed by atoms with Gasteiger partial charge in [0.15, 0.2) is 0 Å². The standard InChI is InChI=1S/C20H15IN2O2/c21-15-8-6-7-14(13-15)19(24)23-18-12-5-4-11-17(18)20(25)22-16-9-2-1-3-10-16/h1-13H,(H,22,25)(H,23,24). The molecule has 0 radical (unpaired) electrons. The van der Waals surface area contributed by atoms with Crippen LogP contribution in [0.4, 0.5) is 11.4 Å². The number of carbonyl (C=O) groups excluding carboxylic acids is 2. The van der Waals surface area contributed by atoms with Gasteiger partial charge in [0.1, 0.15) is 0 Å². The summed E-state index contributed by atoms with van der Waals surface area (Å²) in [4.78, 5) is 25.0. The third-order valence-electron chi connectivity index (χ3n) is 3.54. The van der Waals surface area contributed by atoms with Crippen molar-refractivity contribution in [1.82, 2.24) is 0 Å². The zero-order chi connectivity index (χ0) is 17.6. The second kappa shape index (κ2) is 7.94. The average Bonchev–Trinajstić information content (AvgIpc) is 2.63. The first-order valence-corrected chi connectivity index (χ1v) is 8.74. The molecular weight excluding hydrogens is 427 g/mol. The van der Waals surface area contributed by atoms with Crippen LogP contribution in [0.2, 0.25) is 0 Å². The van der Waals surface area contributed by atoms with Crippen molar-refractivity contribution >= 4 is 45.8 Å². The lowest BCUT2D eigenvalue weighted by atomic mass is 10.1. The second-order valence-corrected chi connectivity index (χ2v) is 6.58. The topological polar surface area (TPSA) is 58.2 Å². The number of anilines is 2. The van der Waals surface area contributed by atoms with E-state index in [1.807, 2.05) is 42.5 Å². The van der Waals surface area contributed by atoms with Crippen LogP contribution in [0, 0.1) is 3.57 Å². The number of halogens is 1. The summed E-state index contributed by atoms with van der Waals surface area (Å²) in [5.41, 5.74) is 2.13. The Kier molecular flexibility index (Phi) is 5.45. The van der Waals surface area contributed by atoms with E-state index in [0.29, 0.717) is 22.5 Å². The number of hydrogen-bond donors (Lipinski definition) is 2. The van der Waals surface area contributed by atoms with Gasteiger partial charge in [-0.3, -0.25) is 9.59 Å². The number of carbonyl (C=O) groups is 2. The van der Waals surface area contributed by atoms with Gasteiger partial charge in [0, 0.05) is 14.8 Å². The van der Waals surface area contributed by atoms with Crippen molar-refractivity contribution in [3.8, 4) is 0 Å². The van der Waals surface area contributed by atoms with Crippen molar-refractivity contribution in [1.29, 1.82) is 0 Å². The summed E-state index contributed by atoms with van der Waals surface area (Å²) in [6.07, 6.45) is 0. The largest absolute Gasteiger partial charge is 0.322 e. The highest BCUT2D eigenvalue weighted by atomic mass is 127. The molecule has 0 aliphatic rings. The van der Waals surface area contributed by atoms with Gasteiger partial charge < -0.3 is 10.6 Å². The first-order chi connectivity index (χ1) is 12.1. The van der Waals surface area contributed by atoms with Gasteiger partial charge in [-0.05, 0) is 65.1 Å². The van der Waals surface area contributed by atoms with E-state index < -0.39 is 0 Å². The molecular formula is C20H15IN2O2. The zero-order valence-corrected chi connectivity index (χ0v) is 15.4. The lowest BCUT2D eigenvalue weighted by Crippen LogP contribution is -2.18. The second-order valence-electron chi connectivity index (χ2n) is 5.33. The van der Waals surface area contributed by atoms with Gasteiger partial charge in [-0.2, -0.15) is 0 Å². The molecule has 0 bridgehead atoms. The van der Waals surface area contributed by atoms with Gasteiger partial charge in [-0.15, -0.1) is 0 Å². The minimum atomic E-state index is -0.273. The van der Waals surface area contributed by atoms with E-state index in [4.69, 9.17) is 0 Å². The van der Waals surface area contributed by atoms with Crippen molar-refractivity contribution in [3.05, 3.63) is 93.6 Å². The first kappa shape index (κ1) is 17.2. The molecule has 0 saturated heterocycles. The van der Waals surface area contributed by atoms with Crippen LogP contribution in [-0.4, -0.2) is 11.8 Å². The van der Waals surface area contributed by atoms with Gasteiger partial charge in [0.25, 0.3) is 11.8 Å². The molecule has 0 unspecified atom stereocenters. The molecule has 3 aromatic carbocycles. The normalized spacial score (nSPS) is 10.1. The summed E-state index contributed by atoms with van der Waals surface area (Å²) >= 11 is 2.16. The van der Waals surface area contributed by atoms with E-state index in [-0.39, 0.29) is 11.8 Å². The number of para-hydroxylation sites is 2. The first-order valence-electron chi connectivity index (χ1n) is 7.66. The molecule has 2 amide bonds. The molecule has 3 rings (SSSR count). The van der Waals surface area contributed by atoms with Crippen molar-refractivity contribution in [2.24, 2.45) is 0 Å². The van der Waals surface area contributed by atoms with E-state index in [0.717, 1.165) is 3.57 Å². The number of nitrogens with one attached hydrogen (secondary N) is 2. The summed E-state index contributed by atoms with van der Waals surface area (Å²) in [5.74, 6) is -0.525. The van der Waals surface area contributed by atoms with Crippen LogP contribution >= 0.6 is 22.6 Å². The van der Waals surface area contributed by atoms with Crippen LogP contribution in [-0.2, 0) is 0 Å². The van der Waals surface area contributed by atoms with Gasteiger partial charge >= 0.3 is 0 Å². The highest BCUT2D eigenvalue weighted by molar-refractivity contribution is 14.1. The molecule has 2 N–H and O–H groups in total. The van der Waals surface area contributed by atoms with Crippen molar-refractivity contribution < 1.29 is 9.59 Å². The minimum absolute atomic E-state index is 0.251. The van der Waals surface area contributed by atoms with E-state index in [9.17, 15) is 9.59 Å². The van der Waals surface area contributed by atoms with E-state index >= 15 is 0 Å². The van der Waals surface area contributed by atoms with Gasteiger partial charge in [0.2, 0.25) is 0 Å². The quantitative estimate of drug-likeness (QED) is 0.571. The maximum Gasteiger partial charge on any atom is 0.257 e. The molecule has 4 nitrogen and oxygen atoms in total. The highest BCUT2D eigenvalue weighted by Gasteiger charge is 2.14. The Morgan fingerprint density at radius 3 is 2.20 bits per heavy atom. The van der Waals surface area contributed by atoms with Gasteiger partial charge in [-0.1, -0.05) is 36.4 Å². The monoisotopic (exact) mass is 442 g/mol. The lowest BCUT2D eigenvalue weighted by Gasteiger charge is -2.11. The molecule has 0 saturated carbocycles. The molecule has 0 aliphatic carbocycles. The predicted molar refractivity (Wildman–Crippen MR) is 108 cm³/mol. The van der Waals surface area contributed by atoms with Gasteiger partial charge in [-0.25, -0.2) is 0 Å². The zero-order valence-electron chi connectivity index (χ0n) is 13.2. The van der Waals surface area contributed by atoms with Crippen molar-refractivity contribution in [3.63, 3.8) is 0 Å². The molecule has 0 atom stereocenters. The van der Waals surface area contributed by atoms with Crippen molar-refractivity contribution in [2.75, 3.05) is 10.6 Å². The number of benzene rings is 3. The third kappa shape index (κ3) is 4.45. The fourth-order valence-corrected chi connectivity index (χ4v) is 2.88. The van der Waals surface area contributed by atoms with Crippen molar-refractivity contribution in [2.45, 2.75) is 0 Å². The molecule has 0 aliphatic heterocycles. The lowest BCUT2D eigenvalue weighted by molar-refractivity contribution is 0.102. The average molecular weight is 442 g/mol. The Labute approximate surface area is 159 Å². The van der Waals surface area contributed by atoms with E-state index in [1.54, 1.807) is 36.4 Å². The molecule has 0 fully saturated rings. The minimum Gasteiger partial charge on any atom is -0.322 e. The molecule has 5 heteroatoms. The SMILES string of the molecule is O=C(Nc1ccccc1C(=O)Nc1ccccc1)c1cccc(I)c1. The summed E-state index contributed by atoms with van der Waals surface area (Å²) in [6.45, 7) is 0. The summed E-state index contributed by atoms with van der Waals surface area (Å²) in [5, 5.41) is 5.65. The maximum absolute atomic E-state index is 12.5. The molecule has 0 spiro atoms. The van der Waals surface area contributed by atoms with E-state index in [2.05, 4.69) is 33.2 Å². The van der Waals surface area contributed by atoms with Crippen LogP contribution in [0.15, 0.2) is 78.9 Å². The number of hydrogen-bond acceptors (Lipinski definition) is 2. The predicted octanol–water partition coefficient (Wildman–Crippen LogP) is 4.80. The summed E-state index contributed by atoms with van der Waals surface area (Å²) in [7, 11) is 0. The number of amides is 2. The van der Waals surface area contributed by atoms with Crippen LogP contribution < -0.4 is 10.6 Å². The summed E-state index contributed by atoms with van der Waals surface area (Å²) < 4.78 is 0.973. The highest BCUT2D eigenvalue weighted by Crippen LogP contribution is 2.19. The Morgan fingerprint density at radius 1 is 0.720 bits per heavy atom. The van der Waals surface area contributed by atoms with Gasteiger partial charge in [0.05, 0.1) is 11.3 Å². The molecule has 25 heavy (non-hydrogen) atoms. The fraction of sp³-hybridized carbons (Fsp3) is 0. The Bertz CT molecular complexity index is 910. The number of rotatable bonds is 4. The molecule has 0 aromatic heterocycles. The Morgan fingerprint density at radius 2 is 1.44 bits per heavy atom. The van der Waals surface area contributed by atoms with Crippen LogP contribution in [0.3, 0.4) is 0 Å². The Hall–Kier alpha value is -2.67. The Balaban J connectivity index is 1.81. The molecule has 3 aromatic rings. The molecule has 124 valence electrons. The third-order valence-corrected chi connectivity index (χ3v) is 4.21. The van der Waals surface area contributed by atoms with Crippen LogP contribution in [0.1, 0.15) is 20.7 Å². The van der Waals surface area contributed by atoms with Crippen LogP contribution in [0.5, 0.6) is 0 Å². The van der Waals surface area contributed by atoms with Crippen LogP contribution in [0.25, 0.3) is 0 Å². The molecule has 0 heterocycles. The fourth-order valence-electron chi connectivity index (χ4n) is 2.33. The maximum atomic E-state index is 12.5. The van der Waals surface area contributed by atoms with E-state index in [1.165, 1.54) is 0 Å².